The number of amides is 1. The van der Waals surface area contributed by atoms with Crippen LogP contribution in [0.25, 0.3) is 25.9 Å². The van der Waals surface area contributed by atoms with E-state index in [9.17, 15) is 9.59 Å². The van der Waals surface area contributed by atoms with E-state index >= 15 is 0 Å². The van der Waals surface area contributed by atoms with Crippen LogP contribution in [0.5, 0.6) is 0 Å². The predicted molar refractivity (Wildman–Crippen MR) is 116 cm³/mol. The van der Waals surface area contributed by atoms with Crippen molar-refractivity contribution in [3.8, 4) is 0 Å². The Hall–Kier alpha value is -3.04. The van der Waals surface area contributed by atoms with Crippen LogP contribution < -0.4 is 11.3 Å². The van der Waals surface area contributed by atoms with Crippen molar-refractivity contribution in [3.05, 3.63) is 63.0 Å². The first-order valence-electron chi connectivity index (χ1n) is 9.09. The lowest BCUT2D eigenvalue weighted by Gasteiger charge is -2.19. The number of thiazole rings is 1. The molecular weight excluding hydrogens is 406 g/mol. The molecule has 0 bridgehead atoms. The zero-order valence-corrected chi connectivity index (χ0v) is 17.3. The van der Waals surface area contributed by atoms with Crippen LogP contribution in [-0.4, -0.2) is 25.1 Å². The number of aromatic nitrogens is 4. The molecule has 0 spiro atoms. The molecule has 0 aliphatic heterocycles. The van der Waals surface area contributed by atoms with Gasteiger partial charge in [-0.2, -0.15) is 5.10 Å². The van der Waals surface area contributed by atoms with Gasteiger partial charge in [0.15, 0.2) is 6.04 Å². The monoisotopic (exact) mass is 423 g/mol. The number of thiophene rings is 1. The van der Waals surface area contributed by atoms with E-state index in [1.807, 2.05) is 47.9 Å². The third-order valence-corrected chi connectivity index (χ3v) is 6.68. The van der Waals surface area contributed by atoms with Crippen molar-refractivity contribution in [1.29, 1.82) is 0 Å². The zero-order chi connectivity index (χ0) is 20.3. The second-order valence-electron chi connectivity index (χ2n) is 7.19. The number of nitrogens with two attached hydrogens (primary N) is 1. The number of benzene rings is 1. The highest BCUT2D eigenvalue weighted by atomic mass is 32.1. The molecule has 9 heteroatoms. The zero-order valence-electron chi connectivity index (χ0n) is 15.7. The van der Waals surface area contributed by atoms with Crippen molar-refractivity contribution >= 4 is 54.5 Å². The van der Waals surface area contributed by atoms with E-state index < -0.39 is 11.9 Å². The SMILES string of the molecule is CC(C)c1nn(C(C(N)=O)c2ccc3ncsc3c2)c(=O)c2cc3ccsc3n12. The van der Waals surface area contributed by atoms with Gasteiger partial charge in [-0.05, 0) is 35.2 Å². The topological polar surface area (TPSA) is 95.3 Å². The maximum absolute atomic E-state index is 13.4. The Morgan fingerprint density at radius 3 is 2.76 bits per heavy atom. The fraction of sp³-hybridized carbons (Fsp3) is 0.200. The number of fused-ring (bicyclic) bond motifs is 4. The molecule has 1 unspecified atom stereocenters. The van der Waals surface area contributed by atoms with E-state index in [2.05, 4.69) is 10.1 Å². The summed E-state index contributed by atoms with van der Waals surface area (Å²) < 4.78 is 4.06. The summed E-state index contributed by atoms with van der Waals surface area (Å²) in [5.74, 6) is 0.123. The fourth-order valence-electron chi connectivity index (χ4n) is 3.64. The Kier molecular flexibility index (Phi) is 4.04. The number of nitrogens with zero attached hydrogens (tertiary/aromatic N) is 4. The summed E-state index contributed by atoms with van der Waals surface area (Å²) in [7, 11) is 0. The van der Waals surface area contributed by atoms with Gasteiger partial charge in [0.2, 0.25) is 5.91 Å². The first-order valence-corrected chi connectivity index (χ1v) is 10.9. The molecule has 29 heavy (non-hydrogen) atoms. The highest BCUT2D eigenvalue weighted by Gasteiger charge is 2.27. The van der Waals surface area contributed by atoms with E-state index in [4.69, 9.17) is 5.73 Å². The van der Waals surface area contributed by atoms with Crippen molar-refractivity contribution < 1.29 is 4.79 Å². The van der Waals surface area contributed by atoms with E-state index in [0.717, 1.165) is 20.4 Å². The highest BCUT2D eigenvalue weighted by Crippen LogP contribution is 2.29. The van der Waals surface area contributed by atoms with Gasteiger partial charge in [-0.1, -0.05) is 19.9 Å². The van der Waals surface area contributed by atoms with Gasteiger partial charge in [-0.3, -0.25) is 14.0 Å². The third kappa shape index (κ3) is 2.69. The molecular formula is C20H17N5O2S2. The van der Waals surface area contributed by atoms with E-state index in [1.165, 1.54) is 16.0 Å². The molecule has 1 amide bonds. The average Bonchev–Trinajstić information content (AvgIpc) is 3.38. The summed E-state index contributed by atoms with van der Waals surface area (Å²) in [5.41, 5.74) is 9.12. The second kappa shape index (κ2) is 6.50. The number of primary amides is 1. The van der Waals surface area contributed by atoms with E-state index in [-0.39, 0.29) is 11.5 Å². The molecule has 4 aromatic heterocycles. The van der Waals surface area contributed by atoms with Crippen LogP contribution in [0.1, 0.15) is 37.2 Å². The summed E-state index contributed by atoms with van der Waals surface area (Å²) in [6.07, 6.45) is 0. The Labute approximate surface area is 173 Å². The molecule has 0 saturated carbocycles. The van der Waals surface area contributed by atoms with Crippen molar-refractivity contribution in [1.82, 2.24) is 19.2 Å². The molecule has 0 fully saturated rings. The van der Waals surface area contributed by atoms with Crippen LogP contribution in [0.4, 0.5) is 0 Å². The van der Waals surface area contributed by atoms with Crippen LogP contribution >= 0.6 is 22.7 Å². The fourth-order valence-corrected chi connectivity index (χ4v) is 5.27. The van der Waals surface area contributed by atoms with Crippen LogP contribution in [0, 0.1) is 0 Å². The standard InChI is InChI=1S/C20H17N5O2S2/c1-10(2)18-23-25(19(27)14-7-12-5-6-28-20(12)24(14)18)16(17(21)26)11-3-4-13-15(8-11)29-9-22-13/h3-10,16H,1-2H3,(H2,21,26). The maximum atomic E-state index is 13.4. The second-order valence-corrected chi connectivity index (χ2v) is 8.97. The normalized spacial score (nSPS) is 13.1. The Bertz CT molecular complexity index is 1460. The van der Waals surface area contributed by atoms with Gasteiger partial charge in [0, 0.05) is 11.3 Å². The molecule has 5 aromatic rings. The maximum Gasteiger partial charge on any atom is 0.292 e. The largest absolute Gasteiger partial charge is 0.368 e. The molecule has 7 nitrogen and oxygen atoms in total. The lowest BCUT2D eigenvalue weighted by atomic mass is 10.1. The molecule has 146 valence electrons. The van der Waals surface area contributed by atoms with Gasteiger partial charge in [-0.15, -0.1) is 22.7 Å². The van der Waals surface area contributed by atoms with Gasteiger partial charge in [0.1, 0.15) is 16.2 Å². The lowest BCUT2D eigenvalue weighted by Crippen LogP contribution is -2.38. The molecule has 0 aliphatic rings. The molecule has 1 aromatic carbocycles. The van der Waals surface area contributed by atoms with Crippen molar-refractivity contribution in [2.24, 2.45) is 5.73 Å². The summed E-state index contributed by atoms with van der Waals surface area (Å²) in [4.78, 5) is 31.1. The molecule has 5 rings (SSSR count). The molecule has 2 N–H and O–H groups in total. The van der Waals surface area contributed by atoms with Gasteiger partial charge >= 0.3 is 0 Å². The summed E-state index contributed by atoms with van der Waals surface area (Å²) in [5, 5.41) is 7.60. The number of carbonyl (C=O) groups is 1. The molecule has 1 atom stereocenters. The highest BCUT2D eigenvalue weighted by molar-refractivity contribution is 7.17. The Balaban J connectivity index is 1.82. The van der Waals surface area contributed by atoms with Gasteiger partial charge < -0.3 is 5.73 Å². The summed E-state index contributed by atoms with van der Waals surface area (Å²) in [6.45, 7) is 4.03. The number of hydrogen-bond acceptors (Lipinski definition) is 6. The van der Waals surface area contributed by atoms with Crippen LogP contribution in [-0.2, 0) is 4.79 Å². The first kappa shape index (κ1) is 18.0. The molecule has 0 aliphatic carbocycles. The molecule has 4 heterocycles. The summed E-state index contributed by atoms with van der Waals surface area (Å²) >= 11 is 3.03. The van der Waals surface area contributed by atoms with Crippen LogP contribution in [0.3, 0.4) is 0 Å². The quantitative estimate of drug-likeness (QED) is 0.478. The number of carbonyl (C=O) groups excluding carboxylic acids is 1. The Morgan fingerprint density at radius 2 is 2.00 bits per heavy atom. The van der Waals surface area contributed by atoms with Gasteiger partial charge in [-0.25, -0.2) is 9.67 Å². The number of hydrogen-bond donors (Lipinski definition) is 1. The minimum absolute atomic E-state index is 0.0413. The van der Waals surface area contributed by atoms with E-state index in [1.54, 1.807) is 22.9 Å². The minimum atomic E-state index is -0.996. The van der Waals surface area contributed by atoms with Crippen molar-refractivity contribution in [2.45, 2.75) is 25.8 Å². The van der Waals surface area contributed by atoms with Crippen molar-refractivity contribution in [3.63, 3.8) is 0 Å². The minimum Gasteiger partial charge on any atom is -0.368 e. The smallest absolute Gasteiger partial charge is 0.292 e. The molecule has 0 radical (unpaired) electrons. The molecule has 0 saturated heterocycles. The summed E-state index contributed by atoms with van der Waals surface area (Å²) in [6, 6.07) is 8.29. The third-order valence-electron chi connectivity index (χ3n) is 4.98. The van der Waals surface area contributed by atoms with E-state index in [0.29, 0.717) is 16.9 Å². The van der Waals surface area contributed by atoms with Crippen molar-refractivity contribution in [2.75, 3.05) is 0 Å². The van der Waals surface area contributed by atoms with Crippen LogP contribution in [0.15, 0.2) is 46.0 Å². The Morgan fingerprint density at radius 1 is 1.17 bits per heavy atom. The lowest BCUT2D eigenvalue weighted by molar-refractivity contribution is -0.120. The van der Waals surface area contributed by atoms with Gasteiger partial charge in [0.05, 0.1) is 15.7 Å². The predicted octanol–water partition coefficient (Wildman–Crippen LogP) is 3.52. The first-order chi connectivity index (χ1) is 14.0. The van der Waals surface area contributed by atoms with Gasteiger partial charge in [0.25, 0.3) is 5.56 Å². The number of rotatable bonds is 4. The van der Waals surface area contributed by atoms with Crippen LogP contribution in [0.2, 0.25) is 0 Å². The average molecular weight is 424 g/mol.